The van der Waals surface area contributed by atoms with E-state index in [1.54, 1.807) is 0 Å². The highest BCUT2D eigenvalue weighted by Gasteiger charge is 2.44. The van der Waals surface area contributed by atoms with Gasteiger partial charge in [-0.2, -0.15) is 0 Å². The van der Waals surface area contributed by atoms with Crippen LogP contribution in [-0.2, 0) is 25.6 Å². The van der Waals surface area contributed by atoms with Gasteiger partial charge in [-0.15, -0.1) is 0 Å². The minimum absolute atomic E-state index is 0.0653. The van der Waals surface area contributed by atoms with Crippen LogP contribution in [0.3, 0.4) is 0 Å². The number of hydrogen-bond acceptors (Lipinski definition) is 5. The van der Waals surface area contributed by atoms with Crippen LogP contribution in [0.2, 0.25) is 0 Å². The van der Waals surface area contributed by atoms with Gasteiger partial charge < -0.3 is 19.3 Å². The predicted molar refractivity (Wildman–Crippen MR) is 83.0 cm³/mol. The van der Waals surface area contributed by atoms with Crippen molar-refractivity contribution in [2.75, 3.05) is 13.7 Å². The number of benzene rings is 1. The Labute approximate surface area is 135 Å². The zero-order chi connectivity index (χ0) is 16.2. The largest absolute Gasteiger partial charge is 0.471 e. The van der Waals surface area contributed by atoms with E-state index in [9.17, 15) is 9.90 Å². The Morgan fingerprint density at radius 2 is 2.13 bits per heavy atom. The van der Waals surface area contributed by atoms with Crippen molar-refractivity contribution in [2.24, 2.45) is 11.8 Å². The number of carbonyl (C=O) groups is 1. The molecule has 0 saturated carbocycles. The summed E-state index contributed by atoms with van der Waals surface area (Å²) in [5.41, 5.74) is 2.39. The highest BCUT2D eigenvalue weighted by atomic mass is 16.7. The first-order chi connectivity index (χ1) is 11.2. The van der Waals surface area contributed by atoms with E-state index in [1.807, 2.05) is 36.4 Å². The van der Waals surface area contributed by atoms with Crippen molar-refractivity contribution in [2.45, 2.75) is 19.3 Å². The van der Waals surface area contributed by atoms with Crippen molar-refractivity contribution in [3.63, 3.8) is 0 Å². The Kier molecular flexibility index (Phi) is 4.79. The number of fused-ring (bicyclic) bond motifs is 1. The van der Waals surface area contributed by atoms with Gasteiger partial charge in [0.2, 0.25) is 6.29 Å². The molecule has 1 aliphatic heterocycles. The number of methoxy groups -OCH3 is 1. The minimum Gasteiger partial charge on any atom is -0.471 e. The lowest BCUT2D eigenvalue weighted by Crippen LogP contribution is -2.37. The molecule has 23 heavy (non-hydrogen) atoms. The second kappa shape index (κ2) is 6.98. The second-order valence-corrected chi connectivity index (χ2v) is 5.67. The smallest absolute Gasteiger partial charge is 0.337 e. The molecule has 5 nitrogen and oxygen atoms in total. The van der Waals surface area contributed by atoms with Crippen LogP contribution in [0.25, 0.3) is 0 Å². The average molecular weight is 316 g/mol. The van der Waals surface area contributed by atoms with E-state index in [0.717, 1.165) is 11.1 Å². The van der Waals surface area contributed by atoms with Crippen LogP contribution in [-0.4, -0.2) is 31.1 Å². The average Bonchev–Trinajstić information content (AvgIpc) is 3.04. The van der Waals surface area contributed by atoms with Crippen molar-refractivity contribution in [3.05, 3.63) is 59.4 Å². The van der Waals surface area contributed by atoms with Gasteiger partial charge in [-0.25, -0.2) is 4.79 Å². The summed E-state index contributed by atoms with van der Waals surface area (Å²) in [6.45, 7) is 0.346. The second-order valence-electron chi connectivity index (χ2n) is 5.67. The van der Waals surface area contributed by atoms with Gasteiger partial charge in [0.1, 0.15) is 0 Å². The third-order valence-corrected chi connectivity index (χ3v) is 4.38. The normalized spacial score (nSPS) is 25.9. The van der Waals surface area contributed by atoms with Gasteiger partial charge >= 0.3 is 5.97 Å². The molecule has 0 amide bonds. The van der Waals surface area contributed by atoms with Gasteiger partial charge in [0, 0.05) is 5.92 Å². The number of ether oxygens (including phenoxy) is 3. The third-order valence-electron chi connectivity index (χ3n) is 4.38. The summed E-state index contributed by atoms with van der Waals surface area (Å²) in [5.74, 6) is -0.629. The molecule has 3 rings (SSSR count). The first kappa shape index (κ1) is 15.8. The highest BCUT2D eigenvalue weighted by molar-refractivity contribution is 5.89. The molecule has 0 saturated heterocycles. The van der Waals surface area contributed by atoms with E-state index in [0.29, 0.717) is 18.6 Å². The summed E-state index contributed by atoms with van der Waals surface area (Å²) in [6.07, 6.45) is 3.56. The lowest BCUT2D eigenvalue weighted by molar-refractivity contribution is -0.161. The fourth-order valence-electron chi connectivity index (χ4n) is 3.20. The lowest BCUT2D eigenvalue weighted by atomic mass is 9.83. The van der Waals surface area contributed by atoms with Crippen LogP contribution < -0.4 is 0 Å². The minimum atomic E-state index is -0.519. The quantitative estimate of drug-likeness (QED) is 0.666. The van der Waals surface area contributed by atoms with Crippen LogP contribution in [0.1, 0.15) is 12.0 Å². The number of esters is 1. The fourth-order valence-corrected chi connectivity index (χ4v) is 3.20. The number of rotatable bonds is 5. The topological polar surface area (TPSA) is 65.0 Å². The summed E-state index contributed by atoms with van der Waals surface area (Å²) in [4.78, 5) is 11.9. The maximum atomic E-state index is 11.9. The molecule has 1 aromatic rings. The molecule has 2 aliphatic rings. The number of hydrogen-bond donors (Lipinski definition) is 1. The molecule has 5 heteroatoms. The first-order valence-electron chi connectivity index (χ1n) is 7.63. The zero-order valence-electron chi connectivity index (χ0n) is 13.0. The Bertz CT molecular complexity index is 620. The lowest BCUT2D eigenvalue weighted by Gasteiger charge is -2.34. The molecule has 0 aromatic heterocycles. The SMILES string of the molecule is COC(=O)C1=COC(OCc2ccccc2)C2C(CO)=CCC12. The van der Waals surface area contributed by atoms with Gasteiger partial charge in [-0.05, 0) is 17.6 Å². The van der Waals surface area contributed by atoms with Gasteiger partial charge in [0.15, 0.2) is 0 Å². The van der Waals surface area contributed by atoms with E-state index < -0.39 is 12.3 Å². The number of aliphatic hydroxyl groups is 1. The molecule has 0 bridgehead atoms. The molecule has 1 aliphatic carbocycles. The van der Waals surface area contributed by atoms with Crippen LogP contribution in [0.4, 0.5) is 0 Å². The summed E-state index contributed by atoms with van der Waals surface area (Å²) in [6, 6.07) is 9.81. The Balaban J connectivity index is 1.76. The molecule has 1 N–H and O–H groups in total. The van der Waals surface area contributed by atoms with Crippen molar-refractivity contribution in [3.8, 4) is 0 Å². The Morgan fingerprint density at radius 3 is 2.83 bits per heavy atom. The van der Waals surface area contributed by atoms with E-state index >= 15 is 0 Å². The molecule has 1 aromatic carbocycles. The molecule has 3 unspecified atom stereocenters. The molecule has 3 atom stereocenters. The maximum Gasteiger partial charge on any atom is 0.337 e. The summed E-state index contributed by atoms with van der Waals surface area (Å²) in [5, 5.41) is 9.57. The monoisotopic (exact) mass is 316 g/mol. The zero-order valence-corrected chi connectivity index (χ0v) is 13.0. The standard InChI is InChI=1S/C18H20O5/c1-21-17(20)15-11-23-18(16-13(9-19)7-8-14(15)16)22-10-12-5-3-2-4-6-12/h2-7,11,14,16,18-19H,8-10H2,1H3. The maximum absolute atomic E-state index is 11.9. The molecular weight excluding hydrogens is 296 g/mol. The van der Waals surface area contributed by atoms with E-state index in [4.69, 9.17) is 14.2 Å². The van der Waals surface area contributed by atoms with Crippen LogP contribution in [0.15, 0.2) is 53.8 Å². The molecule has 0 spiro atoms. The molecule has 0 radical (unpaired) electrons. The molecular formula is C18H20O5. The Morgan fingerprint density at radius 1 is 1.35 bits per heavy atom. The van der Waals surface area contributed by atoms with Crippen LogP contribution >= 0.6 is 0 Å². The molecule has 0 fully saturated rings. The van der Waals surface area contributed by atoms with E-state index in [1.165, 1.54) is 13.4 Å². The highest BCUT2D eigenvalue weighted by Crippen LogP contribution is 2.43. The number of allylic oxidation sites excluding steroid dienone is 1. The van der Waals surface area contributed by atoms with E-state index in [2.05, 4.69) is 0 Å². The predicted octanol–water partition coefficient (Wildman–Crippen LogP) is 2.17. The van der Waals surface area contributed by atoms with Crippen molar-refractivity contribution >= 4 is 5.97 Å². The van der Waals surface area contributed by atoms with Crippen molar-refractivity contribution < 1.29 is 24.1 Å². The summed E-state index contributed by atoms with van der Waals surface area (Å²) < 4.78 is 16.4. The van der Waals surface area contributed by atoms with Gasteiger partial charge in [-0.3, -0.25) is 0 Å². The van der Waals surface area contributed by atoms with Crippen LogP contribution in [0, 0.1) is 11.8 Å². The van der Waals surface area contributed by atoms with E-state index in [-0.39, 0.29) is 18.4 Å². The van der Waals surface area contributed by atoms with Gasteiger partial charge in [0.05, 0.1) is 38.1 Å². The number of carbonyl (C=O) groups excluding carboxylic acids is 1. The van der Waals surface area contributed by atoms with Crippen molar-refractivity contribution in [1.29, 1.82) is 0 Å². The molecule has 1 heterocycles. The number of aliphatic hydroxyl groups excluding tert-OH is 1. The van der Waals surface area contributed by atoms with Gasteiger partial charge in [-0.1, -0.05) is 36.4 Å². The van der Waals surface area contributed by atoms with Crippen molar-refractivity contribution in [1.82, 2.24) is 0 Å². The third kappa shape index (κ3) is 3.16. The van der Waals surface area contributed by atoms with Crippen LogP contribution in [0.5, 0.6) is 0 Å². The first-order valence-corrected chi connectivity index (χ1v) is 7.63. The summed E-state index contributed by atoms with van der Waals surface area (Å²) in [7, 11) is 1.35. The Hall–Kier alpha value is -2.11. The summed E-state index contributed by atoms with van der Waals surface area (Å²) >= 11 is 0. The fraction of sp³-hybridized carbons (Fsp3) is 0.389. The molecule has 122 valence electrons. The van der Waals surface area contributed by atoms with Gasteiger partial charge in [0.25, 0.3) is 0 Å².